The van der Waals surface area contributed by atoms with Gasteiger partial charge in [-0.1, -0.05) is 6.07 Å². The third kappa shape index (κ3) is 2.22. The Hall–Kier alpha value is -1.42. The van der Waals surface area contributed by atoms with E-state index < -0.39 is 0 Å². The molecule has 4 nitrogen and oxygen atoms in total. The van der Waals surface area contributed by atoms with Crippen molar-refractivity contribution in [2.24, 2.45) is 0 Å². The van der Waals surface area contributed by atoms with Gasteiger partial charge >= 0.3 is 0 Å². The van der Waals surface area contributed by atoms with Crippen molar-refractivity contribution in [1.82, 2.24) is 15.2 Å². The summed E-state index contributed by atoms with van der Waals surface area (Å²) in [5.74, 6) is 0.175. The van der Waals surface area contributed by atoms with Crippen LogP contribution < -0.4 is 5.32 Å². The van der Waals surface area contributed by atoms with Crippen molar-refractivity contribution in [2.45, 2.75) is 18.9 Å². The summed E-state index contributed by atoms with van der Waals surface area (Å²) in [4.78, 5) is 17.9. The summed E-state index contributed by atoms with van der Waals surface area (Å²) in [5, 5.41) is 2.91. The van der Waals surface area contributed by atoms with Crippen LogP contribution in [-0.4, -0.2) is 35.9 Å². The van der Waals surface area contributed by atoms with E-state index in [2.05, 4.69) is 10.3 Å². The van der Waals surface area contributed by atoms with Crippen molar-refractivity contribution in [2.75, 3.05) is 20.1 Å². The molecule has 0 radical (unpaired) electrons. The van der Waals surface area contributed by atoms with E-state index in [0.717, 1.165) is 24.9 Å². The van der Waals surface area contributed by atoms with Gasteiger partial charge in [-0.2, -0.15) is 0 Å². The van der Waals surface area contributed by atoms with Crippen LogP contribution in [-0.2, 0) is 4.79 Å². The lowest BCUT2D eigenvalue weighted by Gasteiger charge is -2.24. The standard InChI is InChI=1S/C12H17N3O/c1-13-9-12(16)15-7-3-5-11(15)10-4-2-6-14-8-10/h2,4,6,8,11,13H,3,5,7,9H2,1H3. The van der Waals surface area contributed by atoms with Crippen LogP contribution in [0.15, 0.2) is 24.5 Å². The fraction of sp³-hybridized carbons (Fsp3) is 0.500. The second-order valence-electron chi connectivity index (χ2n) is 4.06. The van der Waals surface area contributed by atoms with Gasteiger partial charge in [0, 0.05) is 18.9 Å². The Bertz CT molecular complexity index is 353. The van der Waals surface area contributed by atoms with Gasteiger partial charge in [-0.3, -0.25) is 9.78 Å². The second-order valence-corrected chi connectivity index (χ2v) is 4.06. The van der Waals surface area contributed by atoms with Gasteiger partial charge in [-0.05, 0) is 31.5 Å². The van der Waals surface area contributed by atoms with Gasteiger partial charge < -0.3 is 10.2 Å². The number of hydrogen-bond acceptors (Lipinski definition) is 3. The monoisotopic (exact) mass is 219 g/mol. The Labute approximate surface area is 95.7 Å². The van der Waals surface area contributed by atoms with Crippen molar-refractivity contribution in [3.05, 3.63) is 30.1 Å². The van der Waals surface area contributed by atoms with Crippen LogP contribution >= 0.6 is 0 Å². The number of nitrogens with zero attached hydrogens (tertiary/aromatic N) is 2. The molecule has 0 aromatic carbocycles. The molecule has 86 valence electrons. The van der Waals surface area contributed by atoms with E-state index in [4.69, 9.17) is 0 Å². The molecule has 0 bridgehead atoms. The zero-order valence-corrected chi connectivity index (χ0v) is 9.52. The van der Waals surface area contributed by atoms with Crippen molar-refractivity contribution in [3.8, 4) is 0 Å². The predicted molar refractivity (Wildman–Crippen MR) is 61.9 cm³/mol. The smallest absolute Gasteiger partial charge is 0.237 e. The zero-order chi connectivity index (χ0) is 11.4. The summed E-state index contributed by atoms with van der Waals surface area (Å²) in [7, 11) is 1.80. The summed E-state index contributed by atoms with van der Waals surface area (Å²) in [6.45, 7) is 1.27. The molecule has 0 saturated carbocycles. The minimum absolute atomic E-state index is 0.175. The zero-order valence-electron chi connectivity index (χ0n) is 9.52. The number of aromatic nitrogens is 1. The molecule has 1 amide bonds. The topological polar surface area (TPSA) is 45.2 Å². The SMILES string of the molecule is CNCC(=O)N1CCCC1c1cccnc1. The van der Waals surface area contributed by atoms with Gasteiger partial charge in [0.2, 0.25) is 5.91 Å². The Morgan fingerprint density at radius 1 is 1.69 bits per heavy atom. The first-order valence-corrected chi connectivity index (χ1v) is 5.67. The molecule has 1 aromatic rings. The molecule has 0 aliphatic carbocycles. The molecule has 1 aliphatic rings. The molecule has 1 aromatic heterocycles. The molecule has 16 heavy (non-hydrogen) atoms. The van der Waals surface area contributed by atoms with Crippen LogP contribution in [0.5, 0.6) is 0 Å². The minimum atomic E-state index is 0.175. The number of carbonyl (C=O) groups excluding carboxylic acids is 1. The lowest BCUT2D eigenvalue weighted by Crippen LogP contribution is -2.36. The first-order valence-electron chi connectivity index (χ1n) is 5.67. The number of carbonyl (C=O) groups is 1. The summed E-state index contributed by atoms with van der Waals surface area (Å²) < 4.78 is 0. The van der Waals surface area contributed by atoms with E-state index >= 15 is 0 Å². The Kier molecular flexibility index (Phi) is 3.51. The molecule has 2 rings (SSSR count). The molecule has 1 N–H and O–H groups in total. The Morgan fingerprint density at radius 3 is 3.25 bits per heavy atom. The average Bonchev–Trinajstić information content (AvgIpc) is 2.79. The fourth-order valence-electron chi connectivity index (χ4n) is 2.24. The maximum absolute atomic E-state index is 11.9. The number of likely N-dealkylation sites (N-methyl/N-ethyl adjacent to an activating group) is 1. The van der Waals surface area contributed by atoms with Crippen molar-refractivity contribution >= 4 is 5.91 Å². The molecule has 1 aliphatic heterocycles. The highest BCUT2D eigenvalue weighted by atomic mass is 16.2. The molecule has 1 saturated heterocycles. The number of nitrogens with one attached hydrogen (secondary N) is 1. The van der Waals surface area contributed by atoms with Crippen molar-refractivity contribution in [1.29, 1.82) is 0 Å². The Balaban J connectivity index is 2.12. The summed E-state index contributed by atoms with van der Waals surface area (Å²) in [6, 6.07) is 4.19. The number of amides is 1. The number of hydrogen-bond donors (Lipinski definition) is 1. The van der Waals surface area contributed by atoms with E-state index in [0.29, 0.717) is 6.54 Å². The van der Waals surface area contributed by atoms with Gasteiger partial charge in [-0.15, -0.1) is 0 Å². The number of pyridine rings is 1. The Morgan fingerprint density at radius 2 is 2.56 bits per heavy atom. The fourth-order valence-corrected chi connectivity index (χ4v) is 2.24. The highest BCUT2D eigenvalue weighted by molar-refractivity contribution is 5.79. The summed E-state index contributed by atoms with van der Waals surface area (Å²) in [6.07, 6.45) is 5.74. The normalized spacial score (nSPS) is 20.1. The first-order chi connectivity index (χ1) is 7.83. The van der Waals surface area contributed by atoms with Gasteiger partial charge in [0.05, 0.1) is 12.6 Å². The molecule has 0 spiro atoms. The van der Waals surface area contributed by atoms with Crippen LogP contribution in [0, 0.1) is 0 Å². The third-order valence-corrected chi connectivity index (χ3v) is 2.97. The molecule has 1 fully saturated rings. The largest absolute Gasteiger partial charge is 0.334 e. The van der Waals surface area contributed by atoms with Crippen LogP contribution in [0.1, 0.15) is 24.4 Å². The molecule has 1 unspecified atom stereocenters. The third-order valence-electron chi connectivity index (χ3n) is 2.97. The maximum atomic E-state index is 11.9. The van der Waals surface area contributed by atoms with E-state index in [1.807, 2.05) is 23.2 Å². The molecule has 1 atom stereocenters. The van der Waals surface area contributed by atoms with Crippen LogP contribution in [0.2, 0.25) is 0 Å². The van der Waals surface area contributed by atoms with E-state index in [1.54, 1.807) is 13.2 Å². The van der Waals surface area contributed by atoms with Crippen molar-refractivity contribution < 1.29 is 4.79 Å². The van der Waals surface area contributed by atoms with Gasteiger partial charge in [0.1, 0.15) is 0 Å². The maximum Gasteiger partial charge on any atom is 0.237 e. The highest BCUT2D eigenvalue weighted by Gasteiger charge is 2.29. The highest BCUT2D eigenvalue weighted by Crippen LogP contribution is 2.31. The number of likely N-dealkylation sites (tertiary alicyclic amines) is 1. The lowest BCUT2D eigenvalue weighted by atomic mass is 10.1. The van der Waals surface area contributed by atoms with Gasteiger partial charge in [0.25, 0.3) is 0 Å². The lowest BCUT2D eigenvalue weighted by molar-refractivity contribution is -0.131. The van der Waals surface area contributed by atoms with Gasteiger partial charge in [0.15, 0.2) is 0 Å². The quantitative estimate of drug-likeness (QED) is 0.823. The minimum Gasteiger partial charge on any atom is -0.334 e. The predicted octanol–water partition coefficient (Wildman–Crippen LogP) is 0.964. The number of rotatable bonds is 3. The van der Waals surface area contributed by atoms with E-state index in [1.165, 1.54) is 0 Å². The van der Waals surface area contributed by atoms with E-state index in [9.17, 15) is 4.79 Å². The molecular formula is C12H17N3O. The molecular weight excluding hydrogens is 202 g/mol. The summed E-state index contributed by atoms with van der Waals surface area (Å²) >= 11 is 0. The van der Waals surface area contributed by atoms with E-state index in [-0.39, 0.29) is 11.9 Å². The van der Waals surface area contributed by atoms with Crippen LogP contribution in [0.4, 0.5) is 0 Å². The summed E-state index contributed by atoms with van der Waals surface area (Å²) in [5.41, 5.74) is 1.14. The van der Waals surface area contributed by atoms with Gasteiger partial charge in [-0.25, -0.2) is 0 Å². The van der Waals surface area contributed by atoms with Crippen LogP contribution in [0.3, 0.4) is 0 Å². The first kappa shape index (κ1) is 11.1. The average molecular weight is 219 g/mol. The second kappa shape index (κ2) is 5.07. The molecule has 4 heteroatoms. The van der Waals surface area contributed by atoms with Crippen LogP contribution in [0.25, 0.3) is 0 Å². The van der Waals surface area contributed by atoms with Crippen molar-refractivity contribution in [3.63, 3.8) is 0 Å². The molecule has 2 heterocycles.